The van der Waals surface area contributed by atoms with Gasteiger partial charge in [-0.2, -0.15) is 4.31 Å². The van der Waals surface area contributed by atoms with E-state index in [1.165, 1.54) is 4.31 Å². The van der Waals surface area contributed by atoms with Crippen LogP contribution >= 0.6 is 0 Å². The molecule has 0 saturated carbocycles. The monoisotopic (exact) mass is 366 g/mol. The molecule has 1 atom stereocenters. The predicted octanol–water partition coefficient (Wildman–Crippen LogP) is 3.03. The number of nitrogens with one attached hydrogen (secondary N) is 1. The van der Waals surface area contributed by atoms with E-state index in [0.29, 0.717) is 36.7 Å². The predicted molar refractivity (Wildman–Crippen MR) is 99.6 cm³/mol. The Kier molecular flexibility index (Phi) is 7.02. The summed E-state index contributed by atoms with van der Waals surface area (Å²) in [5, 5.41) is 3.08. The van der Waals surface area contributed by atoms with Crippen molar-refractivity contribution in [1.29, 1.82) is 0 Å². The fourth-order valence-electron chi connectivity index (χ4n) is 3.12. The fourth-order valence-corrected chi connectivity index (χ4v) is 4.61. The number of piperidine rings is 1. The molecule has 1 aliphatic rings. The van der Waals surface area contributed by atoms with Gasteiger partial charge in [-0.3, -0.25) is 4.79 Å². The lowest BCUT2D eigenvalue weighted by Gasteiger charge is -2.31. The van der Waals surface area contributed by atoms with Crippen LogP contribution in [0.15, 0.2) is 35.2 Å². The van der Waals surface area contributed by atoms with Crippen LogP contribution in [0.2, 0.25) is 0 Å². The molecule has 25 heavy (non-hydrogen) atoms. The zero-order valence-electron chi connectivity index (χ0n) is 15.4. The van der Waals surface area contributed by atoms with Crippen molar-refractivity contribution >= 4 is 15.9 Å². The molecule has 1 heterocycles. The molecule has 0 aromatic heterocycles. The number of benzene rings is 1. The van der Waals surface area contributed by atoms with E-state index in [-0.39, 0.29) is 17.9 Å². The third-order valence-corrected chi connectivity index (χ3v) is 6.68. The minimum atomic E-state index is -3.45. The van der Waals surface area contributed by atoms with Gasteiger partial charge in [-0.1, -0.05) is 32.0 Å². The standard InChI is InChI=1S/C19H30N2O3S/c1-15(2)9-10-16(3)20-19(22)17-11-13-21(14-12-17)25(23,24)18-7-5-4-6-8-18/h4-8,15-17H,9-14H2,1-3H3,(H,20,22). The van der Waals surface area contributed by atoms with Crippen molar-refractivity contribution in [3.05, 3.63) is 30.3 Å². The van der Waals surface area contributed by atoms with Crippen molar-refractivity contribution in [2.75, 3.05) is 13.1 Å². The van der Waals surface area contributed by atoms with Gasteiger partial charge in [0.2, 0.25) is 15.9 Å². The van der Waals surface area contributed by atoms with Crippen molar-refractivity contribution in [3.8, 4) is 0 Å². The van der Waals surface area contributed by atoms with Crippen LogP contribution in [-0.2, 0) is 14.8 Å². The first kappa shape index (κ1) is 19.9. The Morgan fingerprint density at radius 1 is 1.12 bits per heavy atom. The number of hydrogen-bond donors (Lipinski definition) is 1. The molecule has 0 spiro atoms. The SMILES string of the molecule is CC(C)CCC(C)NC(=O)C1CCN(S(=O)(=O)c2ccccc2)CC1. The van der Waals surface area contributed by atoms with Gasteiger partial charge in [-0.05, 0) is 50.7 Å². The molecular formula is C19H30N2O3S. The van der Waals surface area contributed by atoms with Crippen LogP contribution < -0.4 is 5.32 Å². The minimum absolute atomic E-state index is 0.0630. The topological polar surface area (TPSA) is 66.5 Å². The van der Waals surface area contributed by atoms with Crippen LogP contribution in [-0.4, -0.2) is 37.8 Å². The molecule has 1 amide bonds. The summed E-state index contributed by atoms with van der Waals surface area (Å²) in [5.74, 6) is 0.600. The quantitative estimate of drug-likeness (QED) is 0.806. The molecule has 6 heteroatoms. The number of rotatable bonds is 7. The van der Waals surface area contributed by atoms with Crippen molar-refractivity contribution in [3.63, 3.8) is 0 Å². The molecule has 0 aliphatic carbocycles. The van der Waals surface area contributed by atoms with Gasteiger partial charge >= 0.3 is 0 Å². The Labute approximate surface area is 151 Å². The Hall–Kier alpha value is -1.40. The van der Waals surface area contributed by atoms with E-state index >= 15 is 0 Å². The van der Waals surface area contributed by atoms with Crippen molar-refractivity contribution < 1.29 is 13.2 Å². The summed E-state index contributed by atoms with van der Waals surface area (Å²) in [5.41, 5.74) is 0. The molecule has 0 bridgehead atoms. The Morgan fingerprint density at radius 2 is 1.72 bits per heavy atom. The van der Waals surface area contributed by atoms with E-state index in [4.69, 9.17) is 0 Å². The molecule has 1 saturated heterocycles. The third kappa shape index (κ3) is 5.54. The van der Waals surface area contributed by atoms with Gasteiger partial charge in [-0.25, -0.2) is 8.42 Å². The van der Waals surface area contributed by atoms with Crippen LogP contribution in [0, 0.1) is 11.8 Å². The van der Waals surface area contributed by atoms with E-state index in [0.717, 1.165) is 12.8 Å². The zero-order valence-corrected chi connectivity index (χ0v) is 16.3. The molecular weight excluding hydrogens is 336 g/mol. The third-order valence-electron chi connectivity index (χ3n) is 4.77. The van der Waals surface area contributed by atoms with Gasteiger partial charge in [0.05, 0.1) is 4.90 Å². The number of sulfonamides is 1. The van der Waals surface area contributed by atoms with E-state index in [1.807, 2.05) is 6.92 Å². The van der Waals surface area contributed by atoms with Gasteiger partial charge in [0, 0.05) is 25.0 Å². The number of amides is 1. The summed E-state index contributed by atoms with van der Waals surface area (Å²) in [6, 6.07) is 8.66. The van der Waals surface area contributed by atoms with Gasteiger partial charge in [0.1, 0.15) is 0 Å². The lowest BCUT2D eigenvalue weighted by molar-refractivity contribution is -0.126. The molecule has 1 aromatic rings. The van der Waals surface area contributed by atoms with Crippen molar-refractivity contribution in [1.82, 2.24) is 9.62 Å². The number of carbonyl (C=O) groups excluding carboxylic acids is 1. The molecule has 1 aromatic carbocycles. The summed E-state index contributed by atoms with van der Waals surface area (Å²) in [7, 11) is -3.45. The van der Waals surface area contributed by atoms with Crippen LogP contribution in [0.4, 0.5) is 0 Å². The summed E-state index contributed by atoms with van der Waals surface area (Å²) in [6.45, 7) is 7.19. The Balaban J connectivity index is 1.86. The average Bonchev–Trinajstić information content (AvgIpc) is 2.61. The Bertz CT molecular complexity index is 651. The molecule has 140 valence electrons. The molecule has 1 N–H and O–H groups in total. The molecule has 1 aliphatic heterocycles. The maximum atomic E-state index is 12.6. The lowest BCUT2D eigenvalue weighted by Crippen LogP contribution is -2.44. The second-order valence-corrected chi connectivity index (χ2v) is 9.31. The van der Waals surface area contributed by atoms with E-state index < -0.39 is 10.0 Å². The first-order chi connectivity index (χ1) is 11.8. The van der Waals surface area contributed by atoms with Crippen LogP contribution in [0.1, 0.15) is 46.5 Å². The second-order valence-electron chi connectivity index (χ2n) is 7.37. The molecule has 1 fully saturated rings. The smallest absolute Gasteiger partial charge is 0.243 e. The number of nitrogens with zero attached hydrogens (tertiary/aromatic N) is 1. The maximum Gasteiger partial charge on any atom is 0.243 e. The van der Waals surface area contributed by atoms with Gasteiger partial charge in [-0.15, -0.1) is 0 Å². The molecule has 1 unspecified atom stereocenters. The number of hydrogen-bond acceptors (Lipinski definition) is 3. The lowest BCUT2D eigenvalue weighted by atomic mass is 9.96. The highest BCUT2D eigenvalue weighted by molar-refractivity contribution is 7.89. The van der Waals surface area contributed by atoms with Crippen molar-refractivity contribution in [2.45, 2.75) is 57.4 Å². The van der Waals surface area contributed by atoms with E-state index in [2.05, 4.69) is 19.2 Å². The summed E-state index contributed by atoms with van der Waals surface area (Å²) < 4.78 is 26.7. The van der Waals surface area contributed by atoms with Gasteiger partial charge in [0.25, 0.3) is 0 Å². The first-order valence-electron chi connectivity index (χ1n) is 9.16. The van der Waals surface area contributed by atoms with E-state index in [9.17, 15) is 13.2 Å². The molecule has 2 rings (SSSR count). The minimum Gasteiger partial charge on any atom is -0.353 e. The highest BCUT2D eigenvalue weighted by Gasteiger charge is 2.32. The largest absolute Gasteiger partial charge is 0.353 e. The summed E-state index contributed by atoms with van der Waals surface area (Å²) >= 11 is 0. The summed E-state index contributed by atoms with van der Waals surface area (Å²) in [6.07, 6.45) is 3.23. The van der Waals surface area contributed by atoms with Gasteiger partial charge < -0.3 is 5.32 Å². The van der Waals surface area contributed by atoms with Crippen LogP contribution in [0.3, 0.4) is 0 Å². The summed E-state index contributed by atoms with van der Waals surface area (Å²) in [4.78, 5) is 12.7. The van der Waals surface area contributed by atoms with Crippen molar-refractivity contribution in [2.24, 2.45) is 11.8 Å². The normalized spacial score (nSPS) is 18.2. The second kappa shape index (κ2) is 8.81. The van der Waals surface area contributed by atoms with E-state index in [1.54, 1.807) is 30.3 Å². The molecule has 5 nitrogen and oxygen atoms in total. The average molecular weight is 367 g/mol. The van der Waals surface area contributed by atoms with Gasteiger partial charge in [0.15, 0.2) is 0 Å². The fraction of sp³-hybridized carbons (Fsp3) is 0.632. The first-order valence-corrected chi connectivity index (χ1v) is 10.6. The van der Waals surface area contributed by atoms with Crippen LogP contribution in [0.5, 0.6) is 0 Å². The number of carbonyl (C=O) groups is 1. The molecule has 0 radical (unpaired) electrons. The highest BCUT2D eigenvalue weighted by Crippen LogP contribution is 2.24. The zero-order chi connectivity index (χ0) is 18.4. The van der Waals surface area contributed by atoms with Crippen LogP contribution in [0.25, 0.3) is 0 Å². The highest BCUT2D eigenvalue weighted by atomic mass is 32.2. The maximum absolute atomic E-state index is 12.6. The Morgan fingerprint density at radius 3 is 2.28 bits per heavy atom.